The predicted molar refractivity (Wildman–Crippen MR) is 98.9 cm³/mol. The highest BCUT2D eigenvalue weighted by Gasteiger charge is 2.50. The number of rotatable bonds is 4. The molecule has 0 radical (unpaired) electrons. The Morgan fingerprint density at radius 3 is 2.50 bits per heavy atom. The molecule has 2 aromatic carbocycles. The van der Waals surface area contributed by atoms with Crippen molar-refractivity contribution in [3.63, 3.8) is 0 Å². The molecule has 0 bridgehead atoms. The van der Waals surface area contributed by atoms with E-state index in [9.17, 15) is 14.4 Å². The van der Waals surface area contributed by atoms with Gasteiger partial charge in [-0.2, -0.15) is 0 Å². The number of para-hydroxylation sites is 1. The molecule has 0 aromatic heterocycles. The molecule has 1 aliphatic heterocycles. The topological polar surface area (TPSA) is 78.5 Å². The van der Waals surface area contributed by atoms with E-state index >= 15 is 0 Å². The van der Waals surface area contributed by atoms with Gasteiger partial charge < -0.3 is 10.6 Å². The van der Waals surface area contributed by atoms with Crippen molar-refractivity contribution in [2.24, 2.45) is 0 Å². The molecule has 0 spiro atoms. The van der Waals surface area contributed by atoms with Gasteiger partial charge in [0, 0.05) is 16.3 Å². The molecule has 2 aromatic rings. The van der Waals surface area contributed by atoms with Crippen molar-refractivity contribution in [3.8, 4) is 0 Å². The number of carbonyl (C=O) groups excluding carboxylic acids is 3. The Morgan fingerprint density at radius 1 is 1.15 bits per heavy atom. The highest BCUT2D eigenvalue weighted by molar-refractivity contribution is 6.32. The number of hydrogen-bond donors (Lipinski definition) is 2. The molecule has 0 unspecified atom stereocenters. The number of halogens is 1. The lowest BCUT2D eigenvalue weighted by Crippen LogP contribution is -2.42. The van der Waals surface area contributed by atoms with Crippen LogP contribution in [0.2, 0.25) is 5.02 Å². The number of nitrogens with one attached hydrogen (secondary N) is 2. The van der Waals surface area contributed by atoms with E-state index in [0.717, 1.165) is 10.5 Å². The van der Waals surface area contributed by atoms with Gasteiger partial charge in [-0.05, 0) is 31.5 Å². The molecule has 134 valence electrons. The lowest BCUT2D eigenvalue weighted by Gasteiger charge is -2.23. The number of benzene rings is 2. The number of hydrogen-bond acceptors (Lipinski definition) is 3. The van der Waals surface area contributed by atoms with Crippen LogP contribution in [0.25, 0.3) is 0 Å². The third kappa shape index (κ3) is 3.15. The number of urea groups is 1. The second-order valence-corrected chi connectivity index (χ2v) is 6.70. The van der Waals surface area contributed by atoms with Crippen LogP contribution in [0.15, 0.2) is 48.5 Å². The summed E-state index contributed by atoms with van der Waals surface area (Å²) >= 11 is 6.18. The first kappa shape index (κ1) is 17.9. The normalized spacial score (nSPS) is 19.4. The van der Waals surface area contributed by atoms with Crippen LogP contribution in [0, 0.1) is 6.92 Å². The van der Waals surface area contributed by atoms with Gasteiger partial charge >= 0.3 is 6.03 Å². The van der Waals surface area contributed by atoms with Crippen LogP contribution >= 0.6 is 11.6 Å². The van der Waals surface area contributed by atoms with Crippen LogP contribution in [-0.4, -0.2) is 29.3 Å². The fourth-order valence-electron chi connectivity index (χ4n) is 2.94. The van der Waals surface area contributed by atoms with E-state index in [1.165, 1.54) is 0 Å². The highest BCUT2D eigenvalue weighted by Crippen LogP contribution is 2.33. The molecule has 1 aliphatic rings. The maximum absolute atomic E-state index is 12.8. The molecule has 1 fully saturated rings. The molecule has 6 nitrogen and oxygen atoms in total. The van der Waals surface area contributed by atoms with Gasteiger partial charge in [0.05, 0.1) is 0 Å². The van der Waals surface area contributed by atoms with E-state index in [4.69, 9.17) is 11.6 Å². The number of imide groups is 1. The number of nitrogens with zero attached hydrogens (tertiary/aromatic N) is 1. The van der Waals surface area contributed by atoms with Gasteiger partial charge in [0.25, 0.3) is 5.91 Å². The van der Waals surface area contributed by atoms with Crippen molar-refractivity contribution in [2.75, 3.05) is 11.9 Å². The molecule has 0 aliphatic carbocycles. The lowest BCUT2D eigenvalue weighted by atomic mass is 9.92. The summed E-state index contributed by atoms with van der Waals surface area (Å²) < 4.78 is 0. The van der Waals surface area contributed by atoms with E-state index in [1.807, 2.05) is 19.1 Å². The Bertz CT molecular complexity index is 899. The van der Waals surface area contributed by atoms with Crippen molar-refractivity contribution < 1.29 is 14.4 Å². The van der Waals surface area contributed by atoms with Crippen molar-refractivity contribution in [1.82, 2.24) is 10.2 Å². The fourth-order valence-corrected chi connectivity index (χ4v) is 3.26. The summed E-state index contributed by atoms with van der Waals surface area (Å²) in [6.07, 6.45) is 0. The molecule has 2 N–H and O–H groups in total. The lowest BCUT2D eigenvalue weighted by molar-refractivity contribution is -0.133. The zero-order valence-electron chi connectivity index (χ0n) is 14.4. The summed E-state index contributed by atoms with van der Waals surface area (Å²) in [7, 11) is 0. The monoisotopic (exact) mass is 371 g/mol. The summed E-state index contributed by atoms with van der Waals surface area (Å²) in [5, 5.41) is 5.73. The van der Waals surface area contributed by atoms with E-state index in [1.54, 1.807) is 43.3 Å². The maximum Gasteiger partial charge on any atom is 0.325 e. The summed E-state index contributed by atoms with van der Waals surface area (Å²) in [5.41, 5.74) is 0.706. The second-order valence-electron chi connectivity index (χ2n) is 6.29. The standard InChI is InChI=1S/C19H18ClN3O3/c1-12-7-3-6-10-15(12)21-16(24)11-23-17(25)19(2,22-18(23)26)13-8-4-5-9-14(13)20/h3-10H,11H2,1-2H3,(H,21,24)(H,22,26)/t19-/m1/s1. The average molecular weight is 372 g/mol. The largest absolute Gasteiger partial charge is 0.325 e. The van der Waals surface area contributed by atoms with Crippen LogP contribution in [0.1, 0.15) is 18.1 Å². The Balaban J connectivity index is 1.78. The summed E-state index contributed by atoms with van der Waals surface area (Å²) in [5.74, 6) is -0.971. The van der Waals surface area contributed by atoms with Crippen molar-refractivity contribution >= 4 is 35.1 Å². The van der Waals surface area contributed by atoms with Crippen molar-refractivity contribution in [3.05, 3.63) is 64.7 Å². The number of amides is 4. The van der Waals surface area contributed by atoms with Crippen LogP contribution in [-0.2, 0) is 15.1 Å². The van der Waals surface area contributed by atoms with Crippen LogP contribution in [0.5, 0.6) is 0 Å². The maximum atomic E-state index is 12.8. The first-order valence-electron chi connectivity index (χ1n) is 8.07. The quantitative estimate of drug-likeness (QED) is 0.811. The van der Waals surface area contributed by atoms with Crippen LogP contribution in [0.3, 0.4) is 0 Å². The Hall–Kier alpha value is -2.86. The van der Waals surface area contributed by atoms with Crippen LogP contribution < -0.4 is 10.6 Å². The molecule has 0 saturated carbocycles. The Kier molecular flexibility index (Phi) is 4.70. The third-order valence-electron chi connectivity index (χ3n) is 4.41. The van der Waals surface area contributed by atoms with Gasteiger partial charge in [-0.25, -0.2) is 4.79 Å². The molecule has 1 heterocycles. The molecule has 1 atom stereocenters. The number of carbonyl (C=O) groups is 3. The first-order valence-corrected chi connectivity index (χ1v) is 8.45. The van der Waals surface area contributed by atoms with Crippen LogP contribution in [0.4, 0.5) is 10.5 Å². The molecular weight excluding hydrogens is 354 g/mol. The minimum Gasteiger partial charge on any atom is -0.324 e. The van der Waals surface area contributed by atoms with E-state index in [2.05, 4.69) is 10.6 Å². The molecule has 7 heteroatoms. The Labute approximate surface area is 156 Å². The SMILES string of the molecule is Cc1ccccc1NC(=O)CN1C(=O)N[C@](C)(c2ccccc2Cl)C1=O. The predicted octanol–water partition coefficient (Wildman–Crippen LogP) is 3.05. The van der Waals surface area contributed by atoms with Gasteiger partial charge in [0.15, 0.2) is 0 Å². The zero-order valence-corrected chi connectivity index (χ0v) is 15.1. The van der Waals surface area contributed by atoms with Gasteiger partial charge in [-0.3, -0.25) is 14.5 Å². The van der Waals surface area contributed by atoms with Crippen molar-refractivity contribution in [2.45, 2.75) is 19.4 Å². The molecular formula is C19H18ClN3O3. The zero-order chi connectivity index (χ0) is 18.9. The molecule has 26 heavy (non-hydrogen) atoms. The van der Waals surface area contributed by atoms with Gasteiger partial charge in [0.1, 0.15) is 12.1 Å². The van der Waals surface area contributed by atoms with Gasteiger partial charge in [-0.15, -0.1) is 0 Å². The number of aryl methyl sites for hydroxylation is 1. The van der Waals surface area contributed by atoms with E-state index < -0.39 is 23.4 Å². The Morgan fingerprint density at radius 2 is 1.81 bits per heavy atom. The summed E-state index contributed by atoms with van der Waals surface area (Å²) in [4.78, 5) is 38.4. The first-order chi connectivity index (χ1) is 12.3. The van der Waals surface area contributed by atoms with E-state index in [-0.39, 0.29) is 6.54 Å². The fraction of sp³-hybridized carbons (Fsp3) is 0.211. The highest BCUT2D eigenvalue weighted by atomic mass is 35.5. The minimum atomic E-state index is -1.31. The molecule has 3 rings (SSSR count). The summed E-state index contributed by atoms with van der Waals surface area (Å²) in [6, 6.07) is 13.4. The molecule has 4 amide bonds. The number of anilines is 1. The second kappa shape index (κ2) is 6.80. The minimum absolute atomic E-state index is 0.370. The van der Waals surface area contributed by atoms with Gasteiger partial charge in [-0.1, -0.05) is 48.0 Å². The molecule has 1 saturated heterocycles. The third-order valence-corrected chi connectivity index (χ3v) is 4.74. The van der Waals surface area contributed by atoms with Crippen molar-refractivity contribution in [1.29, 1.82) is 0 Å². The average Bonchev–Trinajstić information content (AvgIpc) is 2.81. The smallest absolute Gasteiger partial charge is 0.324 e. The van der Waals surface area contributed by atoms with Gasteiger partial charge in [0.2, 0.25) is 5.91 Å². The summed E-state index contributed by atoms with van der Waals surface area (Å²) in [6.45, 7) is 3.06. The van der Waals surface area contributed by atoms with E-state index in [0.29, 0.717) is 16.3 Å².